The van der Waals surface area contributed by atoms with E-state index < -0.39 is 0 Å². The highest BCUT2D eigenvalue weighted by Crippen LogP contribution is 2.31. The Balaban J connectivity index is 1.29. The van der Waals surface area contributed by atoms with Gasteiger partial charge in [-0.3, -0.25) is 4.79 Å². The van der Waals surface area contributed by atoms with E-state index >= 15 is 0 Å². The minimum absolute atomic E-state index is 0.0572. The van der Waals surface area contributed by atoms with Crippen molar-refractivity contribution in [3.05, 3.63) is 102 Å². The molecule has 0 N–H and O–H groups in total. The molecule has 1 fully saturated rings. The van der Waals surface area contributed by atoms with Gasteiger partial charge in [-0.05, 0) is 30.3 Å². The van der Waals surface area contributed by atoms with Crippen LogP contribution in [-0.4, -0.2) is 65.4 Å². The zero-order valence-corrected chi connectivity index (χ0v) is 21.2. The van der Waals surface area contributed by atoms with Crippen LogP contribution in [0.25, 0.3) is 22.5 Å². The highest BCUT2D eigenvalue weighted by molar-refractivity contribution is 5.95. The van der Waals surface area contributed by atoms with Crippen LogP contribution in [0.4, 0.5) is 5.82 Å². The molecular formula is C31H31N5O. The molecule has 0 spiro atoms. The third-order valence-corrected chi connectivity index (χ3v) is 7.40. The van der Waals surface area contributed by atoms with Crippen LogP contribution < -0.4 is 4.90 Å². The summed E-state index contributed by atoms with van der Waals surface area (Å²) in [6.07, 6.45) is 0.728. The molecule has 6 nitrogen and oxygen atoms in total. The van der Waals surface area contributed by atoms with Gasteiger partial charge in [-0.2, -0.15) is 0 Å². The SMILES string of the molecule is CN1CCN(c2nc(-c3ccccc3)nc3c2CN(C(=O)c2ccc(-c4ccccc4)cc2)CC3)CC1. The van der Waals surface area contributed by atoms with E-state index in [2.05, 4.69) is 41.1 Å². The van der Waals surface area contributed by atoms with Gasteiger partial charge in [0.25, 0.3) is 5.91 Å². The summed E-state index contributed by atoms with van der Waals surface area (Å²) in [7, 11) is 2.16. The molecule has 1 amide bonds. The van der Waals surface area contributed by atoms with Crippen LogP contribution in [0.5, 0.6) is 0 Å². The van der Waals surface area contributed by atoms with Crippen molar-refractivity contribution in [2.75, 3.05) is 44.7 Å². The van der Waals surface area contributed by atoms with Gasteiger partial charge in [-0.1, -0.05) is 72.8 Å². The van der Waals surface area contributed by atoms with Gasteiger partial charge in [0.15, 0.2) is 5.82 Å². The first-order chi connectivity index (χ1) is 18.2. The Kier molecular flexibility index (Phi) is 6.41. The number of hydrogen-bond donors (Lipinski definition) is 0. The van der Waals surface area contributed by atoms with Gasteiger partial charge in [0, 0.05) is 55.8 Å². The van der Waals surface area contributed by atoms with Crippen molar-refractivity contribution in [3.8, 4) is 22.5 Å². The second kappa shape index (κ2) is 10.1. The predicted octanol–water partition coefficient (Wildman–Crippen LogP) is 4.76. The number of benzene rings is 3. The smallest absolute Gasteiger partial charge is 0.254 e. The highest BCUT2D eigenvalue weighted by atomic mass is 16.2. The molecule has 2 aliphatic heterocycles. The van der Waals surface area contributed by atoms with Gasteiger partial charge >= 0.3 is 0 Å². The van der Waals surface area contributed by atoms with E-state index in [1.807, 2.05) is 65.6 Å². The molecule has 0 bridgehead atoms. The quantitative estimate of drug-likeness (QED) is 0.414. The monoisotopic (exact) mass is 489 g/mol. The first kappa shape index (κ1) is 23.4. The molecule has 0 aliphatic carbocycles. The molecule has 1 aromatic heterocycles. The fraction of sp³-hybridized carbons (Fsp3) is 0.258. The number of anilines is 1. The van der Waals surface area contributed by atoms with E-state index in [1.54, 1.807) is 0 Å². The Labute approximate surface area is 218 Å². The fourth-order valence-electron chi connectivity index (χ4n) is 5.18. The first-order valence-electron chi connectivity index (χ1n) is 13.0. The lowest BCUT2D eigenvalue weighted by Crippen LogP contribution is -2.46. The van der Waals surface area contributed by atoms with Gasteiger partial charge in [-0.25, -0.2) is 9.97 Å². The van der Waals surface area contributed by atoms with E-state index in [0.717, 1.165) is 72.2 Å². The minimum atomic E-state index is 0.0572. The van der Waals surface area contributed by atoms with Crippen LogP contribution in [0.1, 0.15) is 21.6 Å². The van der Waals surface area contributed by atoms with Crippen molar-refractivity contribution in [3.63, 3.8) is 0 Å². The van der Waals surface area contributed by atoms with E-state index in [4.69, 9.17) is 9.97 Å². The van der Waals surface area contributed by atoms with Crippen LogP contribution in [-0.2, 0) is 13.0 Å². The summed E-state index contributed by atoms with van der Waals surface area (Å²) in [6.45, 7) is 5.02. The van der Waals surface area contributed by atoms with Crippen LogP contribution in [0, 0.1) is 0 Å². The number of amides is 1. The molecule has 0 atom stereocenters. The predicted molar refractivity (Wildman–Crippen MR) is 148 cm³/mol. The Morgan fingerprint density at radius 3 is 2.00 bits per heavy atom. The lowest BCUT2D eigenvalue weighted by molar-refractivity contribution is 0.0733. The van der Waals surface area contributed by atoms with Gasteiger partial charge in [0.05, 0.1) is 12.2 Å². The van der Waals surface area contributed by atoms with Crippen LogP contribution in [0.2, 0.25) is 0 Å². The Morgan fingerprint density at radius 1 is 0.703 bits per heavy atom. The van der Waals surface area contributed by atoms with Crippen molar-refractivity contribution in [1.82, 2.24) is 19.8 Å². The van der Waals surface area contributed by atoms with Crippen LogP contribution in [0.15, 0.2) is 84.9 Å². The number of hydrogen-bond acceptors (Lipinski definition) is 5. The number of rotatable bonds is 4. The van der Waals surface area contributed by atoms with Crippen molar-refractivity contribution in [2.24, 2.45) is 0 Å². The molecule has 3 heterocycles. The number of carbonyl (C=O) groups excluding carboxylic acids is 1. The summed E-state index contributed by atoms with van der Waals surface area (Å²) in [4.78, 5) is 30.3. The van der Waals surface area contributed by atoms with Crippen LogP contribution >= 0.6 is 0 Å². The number of nitrogens with zero attached hydrogens (tertiary/aromatic N) is 5. The van der Waals surface area contributed by atoms with Crippen LogP contribution in [0.3, 0.4) is 0 Å². The van der Waals surface area contributed by atoms with Gasteiger partial charge in [0.2, 0.25) is 0 Å². The molecule has 37 heavy (non-hydrogen) atoms. The number of piperazine rings is 1. The second-order valence-electron chi connectivity index (χ2n) is 9.87. The summed E-state index contributed by atoms with van der Waals surface area (Å²) in [5.74, 6) is 1.81. The second-order valence-corrected chi connectivity index (χ2v) is 9.87. The lowest BCUT2D eigenvalue weighted by Gasteiger charge is -2.37. The van der Waals surface area contributed by atoms with Crippen molar-refractivity contribution in [1.29, 1.82) is 0 Å². The summed E-state index contributed by atoms with van der Waals surface area (Å²) < 4.78 is 0. The highest BCUT2D eigenvalue weighted by Gasteiger charge is 2.29. The molecule has 3 aromatic carbocycles. The average molecular weight is 490 g/mol. The molecule has 2 aliphatic rings. The molecule has 0 unspecified atom stereocenters. The number of aromatic nitrogens is 2. The molecule has 0 saturated carbocycles. The van der Waals surface area contributed by atoms with E-state index in [9.17, 15) is 4.79 Å². The van der Waals surface area contributed by atoms with E-state index in [-0.39, 0.29) is 5.91 Å². The third-order valence-electron chi connectivity index (χ3n) is 7.40. The van der Waals surface area contributed by atoms with Gasteiger partial charge in [0.1, 0.15) is 5.82 Å². The number of likely N-dealkylation sites (N-methyl/N-ethyl adjacent to an activating group) is 1. The summed E-state index contributed by atoms with van der Waals surface area (Å²) in [6, 6.07) is 28.4. The van der Waals surface area contributed by atoms with Gasteiger partial charge < -0.3 is 14.7 Å². The maximum absolute atomic E-state index is 13.5. The van der Waals surface area contributed by atoms with Gasteiger partial charge in [-0.15, -0.1) is 0 Å². The molecule has 4 aromatic rings. The lowest BCUT2D eigenvalue weighted by atomic mass is 10.0. The standard InChI is InChI=1S/C31H31N5O/c1-34-18-20-35(21-19-34)30-27-22-36(17-16-28(27)32-29(33-30)25-10-6-3-7-11-25)31(37)26-14-12-24(13-15-26)23-8-4-2-5-9-23/h2-15H,16-22H2,1H3. The van der Waals surface area contributed by atoms with Crippen molar-refractivity contribution in [2.45, 2.75) is 13.0 Å². The average Bonchev–Trinajstić information content (AvgIpc) is 2.97. The summed E-state index contributed by atoms with van der Waals surface area (Å²) >= 11 is 0. The Bertz CT molecular complexity index is 1380. The minimum Gasteiger partial charge on any atom is -0.354 e. The summed E-state index contributed by atoms with van der Waals surface area (Å²) in [5.41, 5.74) is 6.15. The zero-order chi connectivity index (χ0) is 25.2. The third kappa shape index (κ3) is 4.85. The topological polar surface area (TPSA) is 52.6 Å². The molecule has 1 saturated heterocycles. The normalized spacial score (nSPS) is 15.9. The molecule has 186 valence electrons. The molecule has 6 heteroatoms. The maximum atomic E-state index is 13.5. The Morgan fingerprint density at radius 2 is 1.32 bits per heavy atom. The largest absolute Gasteiger partial charge is 0.354 e. The number of carbonyl (C=O) groups is 1. The molecule has 6 rings (SSSR count). The van der Waals surface area contributed by atoms with Crippen molar-refractivity contribution < 1.29 is 4.79 Å². The maximum Gasteiger partial charge on any atom is 0.254 e. The van der Waals surface area contributed by atoms with E-state index in [1.165, 1.54) is 0 Å². The van der Waals surface area contributed by atoms with E-state index in [0.29, 0.717) is 18.7 Å². The number of fused-ring (bicyclic) bond motifs is 1. The molecule has 0 radical (unpaired) electrons. The first-order valence-corrected chi connectivity index (χ1v) is 13.0. The summed E-state index contributed by atoms with van der Waals surface area (Å²) in [5, 5.41) is 0. The molecular weight excluding hydrogens is 458 g/mol. The Hall–Kier alpha value is -4.03. The fourth-order valence-corrected chi connectivity index (χ4v) is 5.18. The van der Waals surface area contributed by atoms with Crippen molar-refractivity contribution >= 4 is 11.7 Å². The zero-order valence-electron chi connectivity index (χ0n) is 21.2.